The normalized spacial score (nSPS) is 13.1. The first-order valence-electron chi connectivity index (χ1n) is 8.18. The van der Waals surface area contributed by atoms with E-state index in [1.165, 1.54) is 12.1 Å². The van der Waals surface area contributed by atoms with Crippen LogP contribution in [0.3, 0.4) is 0 Å². The summed E-state index contributed by atoms with van der Waals surface area (Å²) in [6.45, 7) is 7.86. The van der Waals surface area contributed by atoms with E-state index in [-0.39, 0.29) is 11.5 Å². The van der Waals surface area contributed by atoms with Crippen molar-refractivity contribution < 1.29 is 14.3 Å². The van der Waals surface area contributed by atoms with Gasteiger partial charge in [0.15, 0.2) is 0 Å². The van der Waals surface area contributed by atoms with E-state index >= 15 is 0 Å². The van der Waals surface area contributed by atoms with Crippen molar-refractivity contribution in [2.75, 3.05) is 0 Å². The fraction of sp³-hybridized carbons (Fsp3) is 0.250. The van der Waals surface area contributed by atoms with Gasteiger partial charge in [0.1, 0.15) is 0 Å². The summed E-state index contributed by atoms with van der Waals surface area (Å²) in [6, 6.07) is 6.43. The zero-order valence-corrected chi connectivity index (χ0v) is 14.5. The highest BCUT2D eigenvalue weighted by molar-refractivity contribution is 5.88. The predicted molar refractivity (Wildman–Crippen MR) is 98.1 cm³/mol. The van der Waals surface area contributed by atoms with E-state index in [9.17, 15) is 4.79 Å². The molecule has 0 amide bonds. The molecular weight excluding hydrogens is 316 g/mol. The number of aromatic nitrogens is 2. The summed E-state index contributed by atoms with van der Waals surface area (Å²) in [5.41, 5.74) is 1.65. The van der Waals surface area contributed by atoms with Crippen LogP contribution in [-0.2, 0) is 0 Å². The van der Waals surface area contributed by atoms with Crippen LogP contribution in [0.15, 0.2) is 59.6 Å². The van der Waals surface area contributed by atoms with Gasteiger partial charge in [0, 0.05) is 11.1 Å². The zero-order chi connectivity index (χ0) is 18.2. The summed E-state index contributed by atoms with van der Waals surface area (Å²) in [7, 11) is 0. The second-order valence-corrected chi connectivity index (χ2v) is 5.66. The summed E-state index contributed by atoms with van der Waals surface area (Å²) < 4.78 is 5.69. The van der Waals surface area contributed by atoms with Gasteiger partial charge in [-0.1, -0.05) is 37.3 Å². The highest BCUT2D eigenvalue weighted by Crippen LogP contribution is 2.23. The van der Waals surface area contributed by atoms with Crippen LogP contribution in [0.2, 0.25) is 0 Å². The molecule has 0 radical (unpaired) electrons. The predicted octanol–water partition coefficient (Wildman–Crippen LogP) is 5.00. The van der Waals surface area contributed by atoms with Gasteiger partial charge in [-0.2, -0.15) is 0 Å². The summed E-state index contributed by atoms with van der Waals surface area (Å²) >= 11 is 0. The van der Waals surface area contributed by atoms with Gasteiger partial charge in [-0.25, -0.2) is 4.79 Å². The molecule has 1 aromatic carbocycles. The average Bonchev–Trinajstić information content (AvgIpc) is 3.12. The third-order valence-electron chi connectivity index (χ3n) is 3.74. The Morgan fingerprint density at radius 2 is 2.20 bits per heavy atom. The second-order valence-electron chi connectivity index (χ2n) is 5.66. The number of hydrogen-bond acceptors (Lipinski definition) is 4. The van der Waals surface area contributed by atoms with Gasteiger partial charge in [-0.05, 0) is 43.9 Å². The molecule has 0 fully saturated rings. The molecule has 0 aliphatic heterocycles. The standard InChI is InChI=1S/C20H22N2O3/c1-4-6-8-15(5-2)12-11-14(3)18-21-22-19(25-18)16-9-7-10-17(13-16)20(23)24/h5-11,13,15H,2,4,12H2,1,3H3,(H,23,24)/b8-6+,14-11+. The number of allylic oxidation sites excluding steroid dienone is 5. The lowest BCUT2D eigenvalue weighted by Gasteiger charge is -2.03. The molecule has 1 unspecified atom stereocenters. The molecule has 0 saturated heterocycles. The Hall–Kier alpha value is -2.95. The first kappa shape index (κ1) is 18.4. The fourth-order valence-electron chi connectivity index (χ4n) is 2.25. The monoisotopic (exact) mass is 338 g/mol. The Kier molecular flexibility index (Phi) is 6.46. The number of carbonyl (C=O) groups is 1. The molecule has 0 saturated carbocycles. The minimum Gasteiger partial charge on any atom is -0.478 e. The van der Waals surface area contributed by atoms with Gasteiger partial charge in [-0.15, -0.1) is 16.8 Å². The fourth-order valence-corrected chi connectivity index (χ4v) is 2.25. The van der Waals surface area contributed by atoms with Crippen LogP contribution in [-0.4, -0.2) is 21.3 Å². The number of carboxylic acids is 1. The van der Waals surface area contributed by atoms with E-state index in [0.29, 0.717) is 17.3 Å². The average molecular weight is 338 g/mol. The van der Waals surface area contributed by atoms with Crippen LogP contribution in [0.4, 0.5) is 0 Å². The first-order chi connectivity index (χ1) is 12.0. The van der Waals surface area contributed by atoms with Crippen molar-refractivity contribution >= 4 is 11.5 Å². The molecule has 1 heterocycles. The van der Waals surface area contributed by atoms with E-state index in [2.05, 4.69) is 35.9 Å². The van der Waals surface area contributed by atoms with Crippen molar-refractivity contribution in [2.45, 2.75) is 26.7 Å². The number of benzene rings is 1. The molecule has 5 heteroatoms. The lowest BCUT2D eigenvalue weighted by molar-refractivity contribution is 0.0697. The summed E-state index contributed by atoms with van der Waals surface area (Å²) in [4.78, 5) is 11.1. The molecule has 130 valence electrons. The molecule has 0 spiro atoms. The van der Waals surface area contributed by atoms with E-state index in [0.717, 1.165) is 18.4 Å². The molecular formula is C20H22N2O3. The van der Waals surface area contributed by atoms with E-state index in [1.807, 2.05) is 19.1 Å². The Morgan fingerprint density at radius 1 is 1.40 bits per heavy atom. The summed E-state index contributed by atoms with van der Waals surface area (Å²) in [6.07, 6.45) is 10.0. The largest absolute Gasteiger partial charge is 0.478 e. The Bertz CT molecular complexity index is 803. The molecule has 0 aliphatic rings. The Labute approximate surface area is 147 Å². The molecule has 1 atom stereocenters. The van der Waals surface area contributed by atoms with Gasteiger partial charge in [0.05, 0.1) is 5.56 Å². The van der Waals surface area contributed by atoms with Gasteiger partial charge in [-0.3, -0.25) is 0 Å². The molecule has 1 N–H and O–H groups in total. The van der Waals surface area contributed by atoms with Crippen molar-refractivity contribution in [3.05, 3.63) is 66.6 Å². The SMILES string of the molecule is C=CC(/C=C/CC)C/C=C(\C)c1nnc(-c2cccc(C(=O)O)c2)o1. The Balaban J connectivity index is 2.16. The van der Waals surface area contributed by atoms with Crippen LogP contribution in [0.25, 0.3) is 17.0 Å². The third-order valence-corrected chi connectivity index (χ3v) is 3.74. The van der Waals surface area contributed by atoms with Crippen molar-refractivity contribution in [3.63, 3.8) is 0 Å². The summed E-state index contributed by atoms with van der Waals surface area (Å²) in [5, 5.41) is 17.1. The van der Waals surface area contributed by atoms with Gasteiger partial charge in [0.2, 0.25) is 11.8 Å². The van der Waals surface area contributed by atoms with Crippen molar-refractivity contribution in [1.82, 2.24) is 10.2 Å². The lowest BCUT2D eigenvalue weighted by atomic mass is 10.0. The van der Waals surface area contributed by atoms with Crippen molar-refractivity contribution in [3.8, 4) is 11.5 Å². The number of hydrogen-bond donors (Lipinski definition) is 1. The number of nitrogens with zero attached hydrogens (tertiary/aromatic N) is 2. The van der Waals surface area contributed by atoms with Crippen LogP contribution in [0, 0.1) is 5.92 Å². The van der Waals surface area contributed by atoms with Gasteiger partial charge < -0.3 is 9.52 Å². The maximum Gasteiger partial charge on any atom is 0.335 e. The second kappa shape index (κ2) is 8.78. The van der Waals surface area contributed by atoms with Crippen LogP contribution >= 0.6 is 0 Å². The van der Waals surface area contributed by atoms with Gasteiger partial charge >= 0.3 is 5.97 Å². The third kappa shape index (κ3) is 5.01. The van der Waals surface area contributed by atoms with Crippen LogP contribution in [0.1, 0.15) is 42.9 Å². The highest BCUT2D eigenvalue weighted by atomic mass is 16.4. The minimum absolute atomic E-state index is 0.182. The lowest BCUT2D eigenvalue weighted by Crippen LogP contribution is -1.95. The first-order valence-corrected chi connectivity index (χ1v) is 8.18. The van der Waals surface area contributed by atoms with Crippen molar-refractivity contribution in [2.24, 2.45) is 5.92 Å². The quantitative estimate of drug-likeness (QED) is 0.686. The van der Waals surface area contributed by atoms with E-state index in [1.54, 1.807) is 12.1 Å². The molecule has 2 aromatic rings. The maximum atomic E-state index is 11.1. The minimum atomic E-state index is -0.992. The zero-order valence-electron chi connectivity index (χ0n) is 14.5. The molecule has 0 bridgehead atoms. The van der Waals surface area contributed by atoms with Crippen LogP contribution < -0.4 is 0 Å². The Morgan fingerprint density at radius 3 is 2.88 bits per heavy atom. The molecule has 1 aromatic heterocycles. The smallest absolute Gasteiger partial charge is 0.335 e. The van der Waals surface area contributed by atoms with Crippen LogP contribution in [0.5, 0.6) is 0 Å². The molecule has 0 aliphatic carbocycles. The van der Waals surface area contributed by atoms with E-state index in [4.69, 9.17) is 9.52 Å². The molecule has 2 rings (SSSR count). The number of aromatic carboxylic acids is 1. The number of rotatable bonds is 8. The van der Waals surface area contributed by atoms with E-state index < -0.39 is 5.97 Å². The van der Waals surface area contributed by atoms with Crippen molar-refractivity contribution in [1.29, 1.82) is 0 Å². The maximum absolute atomic E-state index is 11.1. The molecule has 25 heavy (non-hydrogen) atoms. The highest BCUT2D eigenvalue weighted by Gasteiger charge is 2.12. The summed E-state index contributed by atoms with van der Waals surface area (Å²) in [5.74, 6) is 0.00724. The molecule has 5 nitrogen and oxygen atoms in total. The topological polar surface area (TPSA) is 76.2 Å². The number of carboxylic acid groups (broad SMARTS) is 1. The van der Waals surface area contributed by atoms with Gasteiger partial charge in [0.25, 0.3) is 0 Å².